The van der Waals surface area contributed by atoms with Gasteiger partial charge in [0.15, 0.2) is 5.60 Å². The van der Waals surface area contributed by atoms with Crippen molar-refractivity contribution < 1.29 is 19.4 Å². The summed E-state index contributed by atoms with van der Waals surface area (Å²) in [5.41, 5.74) is -0.448. The van der Waals surface area contributed by atoms with E-state index >= 15 is 0 Å². The SMILES string of the molecule is COc1ccc(C(O)(C(=O)c2ccccc2)c2ccc(OC)cc2)cc1. The average molecular weight is 348 g/mol. The van der Waals surface area contributed by atoms with E-state index in [0.29, 0.717) is 28.2 Å². The van der Waals surface area contributed by atoms with Gasteiger partial charge in [-0.2, -0.15) is 0 Å². The summed E-state index contributed by atoms with van der Waals surface area (Å²) >= 11 is 0. The summed E-state index contributed by atoms with van der Waals surface area (Å²) in [4.78, 5) is 13.3. The second-order valence-corrected chi connectivity index (χ2v) is 5.86. The van der Waals surface area contributed by atoms with Crippen molar-refractivity contribution in [3.63, 3.8) is 0 Å². The average Bonchev–Trinajstić information content (AvgIpc) is 2.73. The number of carbonyl (C=O) groups excluding carboxylic acids is 1. The highest BCUT2D eigenvalue weighted by molar-refractivity contribution is 6.05. The number of aliphatic hydroxyl groups is 1. The summed E-state index contributed by atoms with van der Waals surface area (Å²) in [5.74, 6) is 0.907. The summed E-state index contributed by atoms with van der Waals surface area (Å²) in [6.45, 7) is 0. The third-order valence-electron chi connectivity index (χ3n) is 4.38. The van der Waals surface area contributed by atoms with Crippen LogP contribution < -0.4 is 9.47 Å². The molecule has 0 saturated carbocycles. The van der Waals surface area contributed by atoms with E-state index in [1.54, 1.807) is 87.0 Å². The van der Waals surface area contributed by atoms with Crippen LogP contribution in [-0.4, -0.2) is 25.1 Å². The number of hydrogen-bond donors (Lipinski definition) is 1. The summed E-state index contributed by atoms with van der Waals surface area (Å²) in [6.07, 6.45) is 0. The van der Waals surface area contributed by atoms with Gasteiger partial charge in [0.05, 0.1) is 14.2 Å². The van der Waals surface area contributed by atoms with Crippen LogP contribution >= 0.6 is 0 Å². The monoisotopic (exact) mass is 348 g/mol. The summed E-state index contributed by atoms with van der Waals surface area (Å²) < 4.78 is 10.4. The second kappa shape index (κ2) is 7.42. The molecule has 0 fully saturated rings. The minimum Gasteiger partial charge on any atom is -0.497 e. The fraction of sp³-hybridized carbons (Fsp3) is 0.136. The zero-order valence-corrected chi connectivity index (χ0v) is 14.7. The molecular weight excluding hydrogens is 328 g/mol. The van der Waals surface area contributed by atoms with Gasteiger partial charge in [0.25, 0.3) is 0 Å². The lowest BCUT2D eigenvalue weighted by Crippen LogP contribution is -2.37. The topological polar surface area (TPSA) is 55.8 Å². The maximum atomic E-state index is 13.3. The lowest BCUT2D eigenvalue weighted by molar-refractivity contribution is 0.0487. The Morgan fingerprint density at radius 2 is 1.15 bits per heavy atom. The fourth-order valence-electron chi connectivity index (χ4n) is 2.89. The number of benzene rings is 3. The minimum absolute atomic E-state index is 0.395. The van der Waals surface area contributed by atoms with E-state index < -0.39 is 11.4 Å². The van der Waals surface area contributed by atoms with Crippen LogP contribution in [0.2, 0.25) is 0 Å². The van der Waals surface area contributed by atoms with Crippen LogP contribution in [0.5, 0.6) is 11.5 Å². The van der Waals surface area contributed by atoms with Gasteiger partial charge < -0.3 is 14.6 Å². The van der Waals surface area contributed by atoms with E-state index in [4.69, 9.17) is 9.47 Å². The molecule has 0 unspecified atom stereocenters. The van der Waals surface area contributed by atoms with Gasteiger partial charge in [-0.3, -0.25) is 4.79 Å². The molecule has 1 N–H and O–H groups in total. The highest BCUT2D eigenvalue weighted by atomic mass is 16.5. The zero-order valence-electron chi connectivity index (χ0n) is 14.7. The molecule has 0 heterocycles. The van der Waals surface area contributed by atoms with Crippen molar-refractivity contribution in [2.24, 2.45) is 0 Å². The Labute approximate surface area is 152 Å². The van der Waals surface area contributed by atoms with Crippen LogP contribution in [0.1, 0.15) is 21.5 Å². The molecule has 3 aromatic rings. The fourth-order valence-corrected chi connectivity index (χ4v) is 2.89. The number of rotatable bonds is 6. The Balaban J connectivity index is 2.14. The molecule has 26 heavy (non-hydrogen) atoms. The third kappa shape index (κ3) is 3.19. The van der Waals surface area contributed by atoms with Crippen molar-refractivity contribution >= 4 is 5.78 Å². The molecule has 0 bridgehead atoms. The van der Waals surface area contributed by atoms with E-state index in [-0.39, 0.29) is 0 Å². The molecule has 0 aliphatic heterocycles. The van der Waals surface area contributed by atoms with Crippen LogP contribution in [0.15, 0.2) is 78.9 Å². The van der Waals surface area contributed by atoms with E-state index in [1.807, 2.05) is 6.07 Å². The van der Waals surface area contributed by atoms with Crippen LogP contribution in [0.3, 0.4) is 0 Å². The molecule has 0 aliphatic carbocycles. The van der Waals surface area contributed by atoms with Crippen LogP contribution in [0.4, 0.5) is 0 Å². The number of methoxy groups -OCH3 is 2. The molecule has 0 amide bonds. The summed E-state index contributed by atoms with van der Waals surface area (Å²) in [7, 11) is 3.14. The van der Waals surface area contributed by atoms with E-state index in [1.165, 1.54) is 0 Å². The molecule has 4 heteroatoms. The molecule has 0 aromatic heterocycles. The molecule has 3 rings (SSSR count). The Bertz CT molecular complexity index is 821. The van der Waals surface area contributed by atoms with E-state index in [2.05, 4.69) is 0 Å². The second-order valence-electron chi connectivity index (χ2n) is 5.86. The first-order valence-electron chi connectivity index (χ1n) is 8.21. The van der Waals surface area contributed by atoms with Gasteiger partial charge in [0.2, 0.25) is 5.78 Å². The number of ketones is 1. The molecule has 0 radical (unpaired) electrons. The Kier molecular flexibility index (Phi) is 5.05. The Morgan fingerprint density at radius 3 is 1.54 bits per heavy atom. The first-order chi connectivity index (χ1) is 12.6. The highest BCUT2D eigenvalue weighted by Gasteiger charge is 2.40. The lowest BCUT2D eigenvalue weighted by atomic mass is 9.80. The summed E-state index contributed by atoms with van der Waals surface area (Å²) in [5, 5.41) is 11.6. The number of carbonyl (C=O) groups is 1. The van der Waals surface area contributed by atoms with Gasteiger partial charge in [-0.15, -0.1) is 0 Å². The van der Waals surface area contributed by atoms with Crippen molar-refractivity contribution in [1.29, 1.82) is 0 Å². The van der Waals surface area contributed by atoms with Crippen molar-refractivity contribution in [2.75, 3.05) is 14.2 Å². The van der Waals surface area contributed by atoms with Crippen molar-refractivity contribution in [3.05, 3.63) is 95.6 Å². The van der Waals surface area contributed by atoms with E-state index in [0.717, 1.165) is 0 Å². The maximum Gasteiger partial charge on any atom is 0.203 e. The van der Waals surface area contributed by atoms with Gasteiger partial charge >= 0.3 is 0 Å². The molecule has 0 spiro atoms. The van der Waals surface area contributed by atoms with Gasteiger partial charge in [-0.05, 0) is 35.4 Å². The molecule has 0 atom stereocenters. The molecule has 0 aliphatic rings. The Morgan fingerprint density at radius 1 is 0.731 bits per heavy atom. The lowest BCUT2D eigenvalue weighted by Gasteiger charge is -2.28. The minimum atomic E-state index is -1.82. The number of Topliss-reactive ketones (excluding diaryl/α,β-unsaturated/α-hetero) is 1. The molecule has 0 saturated heterocycles. The molecule has 4 nitrogen and oxygen atoms in total. The smallest absolute Gasteiger partial charge is 0.203 e. The van der Waals surface area contributed by atoms with Gasteiger partial charge in [-0.25, -0.2) is 0 Å². The predicted octanol–water partition coefficient (Wildman–Crippen LogP) is 3.82. The first kappa shape index (κ1) is 17.7. The first-order valence-corrected chi connectivity index (χ1v) is 8.21. The predicted molar refractivity (Wildman–Crippen MR) is 99.8 cm³/mol. The number of ether oxygens (including phenoxy) is 2. The standard InChI is InChI=1S/C22H20O4/c1-25-19-12-8-17(9-13-19)22(24,18-10-14-20(26-2)15-11-18)21(23)16-6-4-3-5-7-16/h3-15,24H,1-2H3. The quantitative estimate of drug-likeness (QED) is 0.688. The van der Waals surface area contributed by atoms with Gasteiger partial charge in [-0.1, -0.05) is 54.6 Å². The van der Waals surface area contributed by atoms with Crippen LogP contribution in [0.25, 0.3) is 0 Å². The molecular formula is C22H20O4. The third-order valence-corrected chi connectivity index (χ3v) is 4.38. The molecule has 3 aromatic carbocycles. The highest BCUT2D eigenvalue weighted by Crippen LogP contribution is 2.35. The Hall–Kier alpha value is -3.11. The van der Waals surface area contributed by atoms with E-state index in [9.17, 15) is 9.90 Å². The molecule has 132 valence electrons. The van der Waals surface area contributed by atoms with Crippen molar-refractivity contribution in [1.82, 2.24) is 0 Å². The van der Waals surface area contributed by atoms with Gasteiger partial charge in [0, 0.05) is 5.56 Å². The van der Waals surface area contributed by atoms with Crippen molar-refractivity contribution in [3.8, 4) is 11.5 Å². The van der Waals surface area contributed by atoms with Crippen LogP contribution in [-0.2, 0) is 5.60 Å². The van der Waals surface area contributed by atoms with Crippen molar-refractivity contribution in [2.45, 2.75) is 5.60 Å². The largest absolute Gasteiger partial charge is 0.497 e. The number of hydrogen-bond acceptors (Lipinski definition) is 4. The normalized spacial score (nSPS) is 11.0. The van der Waals surface area contributed by atoms with Gasteiger partial charge in [0.1, 0.15) is 11.5 Å². The maximum absolute atomic E-state index is 13.3. The zero-order chi connectivity index (χ0) is 18.6. The van der Waals surface area contributed by atoms with Crippen LogP contribution in [0, 0.1) is 0 Å². The summed E-state index contributed by atoms with van der Waals surface area (Å²) in [6, 6.07) is 22.5.